The van der Waals surface area contributed by atoms with E-state index in [4.69, 9.17) is 0 Å². The van der Waals surface area contributed by atoms with E-state index in [9.17, 15) is 0 Å². The molecule has 2 aliphatic rings. The molecule has 2 saturated carbocycles. The van der Waals surface area contributed by atoms with Crippen LogP contribution in [0.4, 0.5) is 0 Å². The minimum atomic E-state index is 0. The predicted molar refractivity (Wildman–Crippen MR) is 220 cm³/mol. The summed E-state index contributed by atoms with van der Waals surface area (Å²) in [5, 5.41) is 0. The molecule has 51 heavy (non-hydrogen) atoms. The minimum Gasteiger partial charge on any atom is -0.0622 e. The van der Waals surface area contributed by atoms with Gasteiger partial charge < -0.3 is 7.43 Å². The van der Waals surface area contributed by atoms with E-state index in [1.165, 1.54) is 68.5 Å². The molecule has 0 saturated heterocycles. The van der Waals surface area contributed by atoms with Gasteiger partial charge in [-0.2, -0.15) is 0 Å². The topological polar surface area (TPSA) is 0 Å². The first-order valence-electron chi connectivity index (χ1n) is 18.2. The van der Waals surface area contributed by atoms with Crippen LogP contribution in [0, 0.1) is 13.3 Å². The van der Waals surface area contributed by atoms with Crippen molar-refractivity contribution >= 4 is 18.1 Å². The molecule has 2 aliphatic carbocycles. The van der Waals surface area contributed by atoms with Crippen molar-refractivity contribution in [3.05, 3.63) is 187 Å². The summed E-state index contributed by atoms with van der Waals surface area (Å²) in [5.74, 6) is 2.67. The summed E-state index contributed by atoms with van der Waals surface area (Å²) in [5.41, 5.74) is 8.25. The summed E-state index contributed by atoms with van der Waals surface area (Å²) in [6, 6.07) is 56.1. The Hall–Kier alpha value is -2.00. The molecular weight excluding hydrogens is 793 g/mol. The fraction of sp³-hybridized carbons (Fsp3) is 0.340. The average molecular weight is 852 g/mol. The van der Waals surface area contributed by atoms with Gasteiger partial charge in [-0.3, -0.25) is 0 Å². The van der Waals surface area contributed by atoms with Crippen molar-refractivity contribution in [3.8, 4) is 0 Å². The van der Waals surface area contributed by atoms with E-state index in [0.717, 1.165) is 11.6 Å². The Bertz CT molecular complexity index is 1280. The van der Waals surface area contributed by atoms with E-state index >= 15 is 0 Å². The second-order valence-electron chi connectivity index (χ2n) is 13.8. The van der Waals surface area contributed by atoms with Crippen molar-refractivity contribution in [2.75, 3.05) is 6.66 Å². The van der Waals surface area contributed by atoms with Gasteiger partial charge in [0.1, 0.15) is 0 Å². The number of hydrogen-bond acceptors (Lipinski definition) is 0. The average Bonchev–Trinajstić information content (AvgIpc) is 3.85. The van der Waals surface area contributed by atoms with Crippen molar-refractivity contribution < 1.29 is 35.2 Å². The molecule has 7 rings (SSSR count). The zero-order chi connectivity index (χ0) is 34.8. The van der Waals surface area contributed by atoms with Crippen LogP contribution in [0.1, 0.15) is 110 Å². The quantitative estimate of drug-likeness (QED) is 0.0869. The van der Waals surface area contributed by atoms with Gasteiger partial charge in [-0.05, 0) is 88.5 Å². The van der Waals surface area contributed by atoms with E-state index in [1.54, 1.807) is 0 Å². The minimum absolute atomic E-state index is 0. The molecule has 276 valence electrons. The maximum Gasteiger partial charge on any atom is 0 e. The Morgan fingerprint density at radius 1 is 0.510 bits per heavy atom. The summed E-state index contributed by atoms with van der Waals surface area (Å²) in [6.07, 6.45) is 7.36. The number of rotatable bonds is 7. The van der Waals surface area contributed by atoms with Crippen LogP contribution in [0.25, 0.3) is 0 Å². The molecule has 0 heterocycles. The molecule has 0 aliphatic heterocycles. The summed E-state index contributed by atoms with van der Waals surface area (Å²) in [4.78, 5) is 0. The van der Waals surface area contributed by atoms with Gasteiger partial charge in [-0.15, -0.1) is 8.58 Å². The fourth-order valence-corrected chi connectivity index (χ4v) is 8.77. The molecule has 0 aromatic heterocycles. The monoisotopic (exact) mass is 850 g/mol. The van der Waals surface area contributed by atoms with Gasteiger partial charge in [-0.25, -0.2) is 0 Å². The molecule has 0 radical (unpaired) electrons. The molecular formula is C47H58ClFePPd. The van der Waals surface area contributed by atoms with Gasteiger partial charge in [0, 0.05) is 17.1 Å². The third kappa shape index (κ3) is 12.8. The Morgan fingerprint density at radius 3 is 0.843 bits per heavy atom. The third-order valence-electron chi connectivity index (χ3n) is 10.4. The van der Waals surface area contributed by atoms with Gasteiger partial charge in [-0.1, -0.05) is 192 Å². The Labute approximate surface area is 338 Å². The van der Waals surface area contributed by atoms with Gasteiger partial charge in [0.2, 0.25) is 0 Å². The molecule has 2 fully saturated rings. The molecule has 0 nitrogen and oxygen atoms in total. The van der Waals surface area contributed by atoms with Crippen LogP contribution in [0.3, 0.4) is 0 Å². The first-order valence-corrected chi connectivity index (χ1v) is 21.7. The zero-order valence-electron chi connectivity index (χ0n) is 31.1. The van der Waals surface area contributed by atoms with Crippen LogP contribution in [0.2, 0.25) is 0 Å². The van der Waals surface area contributed by atoms with Gasteiger partial charge >= 0.3 is 27.7 Å². The second-order valence-corrected chi connectivity index (χ2v) is 15.1. The van der Waals surface area contributed by atoms with Crippen LogP contribution in [0.15, 0.2) is 152 Å². The SMILES string of the molecule is CCC(C)C.CPC1CCCC1.[CH3-].[Cl][Pd+].[Fe].c1ccc(C2C(c3ccccc3)C(c3ccccc3)C(c3ccccc3)C2c2ccccc2)cc1. The van der Waals surface area contributed by atoms with Crippen LogP contribution < -0.4 is 0 Å². The summed E-state index contributed by atoms with van der Waals surface area (Å²) >= 11 is 2.22. The van der Waals surface area contributed by atoms with Crippen molar-refractivity contribution in [2.45, 2.75) is 88.1 Å². The number of benzene rings is 5. The molecule has 0 amide bonds. The molecule has 5 aromatic rings. The first-order chi connectivity index (χ1) is 24.1. The van der Waals surface area contributed by atoms with Crippen molar-refractivity contribution in [2.24, 2.45) is 5.92 Å². The third-order valence-corrected chi connectivity index (χ3v) is 11.8. The summed E-state index contributed by atoms with van der Waals surface area (Å²) < 4.78 is 0. The van der Waals surface area contributed by atoms with E-state index in [1.807, 2.05) is 0 Å². The Balaban J connectivity index is 0.000000480. The largest absolute Gasteiger partial charge is 0.0622 e. The van der Waals surface area contributed by atoms with E-state index in [2.05, 4.69) is 207 Å². The molecule has 4 heteroatoms. The summed E-state index contributed by atoms with van der Waals surface area (Å²) in [7, 11) is 5.70. The molecule has 5 aromatic carbocycles. The van der Waals surface area contributed by atoms with E-state index in [-0.39, 0.29) is 24.5 Å². The van der Waals surface area contributed by atoms with Gasteiger partial charge in [0.25, 0.3) is 0 Å². The van der Waals surface area contributed by atoms with Gasteiger partial charge in [0.05, 0.1) is 0 Å². The normalized spacial score (nSPS) is 20.8. The zero-order valence-corrected chi connectivity index (χ0v) is 35.5. The maximum atomic E-state index is 4.49. The van der Waals surface area contributed by atoms with Crippen LogP contribution in [-0.4, -0.2) is 12.3 Å². The first kappa shape index (κ1) is 45.2. The van der Waals surface area contributed by atoms with Crippen LogP contribution in [0.5, 0.6) is 0 Å². The van der Waals surface area contributed by atoms with E-state index in [0.29, 0.717) is 29.6 Å². The molecule has 1 atom stereocenters. The maximum absolute atomic E-state index is 4.49. The van der Waals surface area contributed by atoms with Crippen LogP contribution >= 0.6 is 18.1 Å². The molecule has 1 unspecified atom stereocenters. The number of halogens is 1. The Morgan fingerprint density at radius 2 is 0.706 bits per heavy atom. The van der Waals surface area contributed by atoms with Crippen LogP contribution in [-0.2, 0) is 35.2 Å². The Kier molecular flexibility index (Phi) is 22.2. The van der Waals surface area contributed by atoms with Crippen molar-refractivity contribution in [3.63, 3.8) is 0 Å². The van der Waals surface area contributed by atoms with E-state index < -0.39 is 0 Å². The predicted octanol–water partition coefficient (Wildman–Crippen LogP) is 14.3. The second kappa shape index (κ2) is 25.1. The fourth-order valence-electron chi connectivity index (χ4n) is 7.78. The molecule has 0 spiro atoms. The molecule has 0 N–H and O–H groups in total. The standard InChI is InChI=1S/C35H30.C6H13P.C5H12.CH3.ClH.Fe.Pd/c1-6-16-26(17-7-1)31-32(27-18-8-2-9-19-27)34(29-22-12-4-13-23-29)35(30-24-14-5-15-25-30)33(31)28-20-10-3-11-21-28;1-7-6-4-2-3-5-6;1-4-5(2)3;;;;/h1-25,31-35H;6-7H,2-5H2,1H3;5H,4H2,1-3H3;1H3;1H;;/q;;;-1;;;+2/p-1. The van der Waals surface area contributed by atoms with Crippen molar-refractivity contribution in [1.82, 2.24) is 0 Å². The number of hydrogen-bond donors (Lipinski definition) is 0. The van der Waals surface area contributed by atoms with Crippen molar-refractivity contribution in [1.29, 1.82) is 0 Å². The van der Waals surface area contributed by atoms with Gasteiger partial charge in [0.15, 0.2) is 0 Å². The smallest absolute Gasteiger partial charge is 0 e. The summed E-state index contributed by atoms with van der Waals surface area (Å²) in [6.45, 7) is 8.97. The molecule has 0 bridgehead atoms.